The first-order chi connectivity index (χ1) is 27.7. The number of hydrogen-bond donors (Lipinski definition) is 2. The highest BCUT2D eigenvalue weighted by Gasteiger charge is 2.35. The molecule has 5 heterocycles. The minimum Gasteiger partial charge on any atom is -0.339 e. The van der Waals surface area contributed by atoms with Crippen molar-refractivity contribution in [2.75, 3.05) is 64.0 Å². The zero-order chi connectivity index (χ0) is 41.3. The quantitative estimate of drug-likeness (QED) is 0.204. The molecule has 5 aromatic rings. The van der Waals surface area contributed by atoms with Gasteiger partial charge in [-0.2, -0.15) is 5.10 Å². The van der Waals surface area contributed by atoms with Crippen LogP contribution in [0, 0.1) is 24.5 Å². The van der Waals surface area contributed by atoms with Crippen LogP contribution < -0.4 is 10.6 Å². The predicted molar refractivity (Wildman–Crippen MR) is 212 cm³/mol. The van der Waals surface area contributed by atoms with Gasteiger partial charge in [0.15, 0.2) is 17.5 Å². The van der Waals surface area contributed by atoms with Gasteiger partial charge < -0.3 is 24.2 Å². The molecule has 0 atom stereocenters. The summed E-state index contributed by atoms with van der Waals surface area (Å²) < 4.78 is 35.0. The summed E-state index contributed by atoms with van der Waals surface area (Å²) in [5.41, 5.74) is 1.17. The maximum Gasteiger partial charge on any atom is 0.291 e. The smallest absolute Gasteiger partial charge is 0.291 e. The van der Waals surface area contributed by atoms with Gasteiger partial charge in [-0.05, 0) is 37.3 Å². The van der Waals surface area contributed by atoms with Crippen LogP contribution in [0.15, 0.2) is 61.2 Å². The van der Waals surface area contributed by atoms with Gasteiger partial charge in [-0.1, -0.05) is 17.7 Å². The number of anilines is 2. The Morgan fingerprint density at radius 1 is 0.879 bits per heavy atom. The summed E-state index contributed by atoms with van der Waals surface area (Å²) >= 11 is 6.55. The molecular weight excluding hydrogens is 772 g/mol. The molecule has 0 saturated carbocycles. The molecule has 15 nitrogen and oxygen atoms in total. The van der Waals surface area contributed by atoms with E-state index >= 15 is 8.78 Å². The van der Waals surface area contributed by atoms with E-state index in [1.165, 1.54) is 65.3 Å². The maximum atomic E-state index is 15.7. The molecule has 0 aliphatic carbocycles. The molecule has 2 N–H and O–H groups in total. The van der Waals surface area contributed by atoms with Crippen molar-refractivity contribution in [2.24, 2.45) is 13.0 Å². The molecule has 18 heteroatoms. The van der Waals surface area contributed by atoms with Gasteiger partial charge in [0.25, 0.3) is 11.8 Å². The van der Waals surface area contributed by atoms with Gasteiger partial charge in [0.1, 0.15) is 6.54 Å². The second kappa shape index (κ2) is 16.4. The van der Waals surface area contributed by atoms with Crippen LogP contribution in [-0.4, -0.2) is 121 Å². The highest BCUT2D eigenvalue weighted by Crippen LogP contribution is 2.33. The normalized spacial score (nSPS) is 15.6. The molecule has 3 aromatic heterocycles. The van der Waals surface area contributed by atoms with Crippen LogP contribution in [0.5, 0.6) is 0 Å². The number of quaternary nitrogens is 1. The van der Waals surface area contributed by atoms with Gasteiger partial charge in [-0.25, -0.2) is 23.7 Å². The SMILES string of the molecule is Cc1nn(CC(=O)Nc2ncccn2)cc1-c1ccc(-c2cnc(C(=O)Nc3ccc(C(=O)N4CCN(C(=O)C5CC[N+](C)(C)CC5)CC4)c(Cl)c3)n2C)c(F)c1F. The first-order valence-electron chi connectivity index (χ1n) is 18.8. The number of nitrogens with one attached hydrogen (secondary N) is 2. The molecule has 2 fully saturated rings. The van der Waals surface area contributed by atoms with Crippen LogP contribution in [0.3, 0.4) is 0 Å². The number of amides is 4. The van der Waals surface area contributed by atoms with Crippen molar-refractivity contribution in [3.8, 4) is 22.4 Å². The molecule has 0 spiro atoms. The van der Waals surface area contributed by atoms with Crippen molar-refractivity contribution < 1.29 is 32.4 Å². The first kappa shape index (κ1) is 40.1. The molecule has 0 unspecified atom stereocenters. The summed E-state index contributed by atoms with van der Waals surface area (Å²) in [6.45, 7) is 5.03. The molecule has 2 aliphatic heterocycles. The number of benzene rings is 2. The Morgan fingerprint density at radius 2 is 1.53 bits per heavy atom. The molecule has 58 heavy (non-hydrogen) atoms. The Kier molecular flexibility index (Phi) is 11.4. The lowest BCUT2D eigenvalue weighted by Crippen LogP contribution is -2.54. The van der Waals surface area contributed by atoms with Gasteiger partial charge in [0.2, 0.25) is 17.8 Å². The number of aromatic nitrogens is 6. The summed E-state index contributed by atoms with van der Waals surface area (Å²) in [5.74, 6) is -3.45. The monoisotopic (exact) mass is 814 g/mol. The van der Waals surface area contributed by atoms with Crippen molar-refractivity contribution >= 4 is 46.9 Å². The Morgan fingerprint density at radius 3 is 2.22 bits per heavy atom. The summed E-state index contributed by atoms with van der Waals surface area (Å²) in [5, 5.41) is 9.67. The fourth-order valence-corrected chi connectivity index (χ4v) is 7.65. The van der Waals surface area contributed by atoms with E-state index in [9.17, 15) is 19.2 Å². The standard InChI is InChI=1S/C40H42ClF2N11O4/c1-24-30(22-53(49-24)23-33(55)48-40-44-12-5-13-45-40)27-8-9-29(35(43)34(27)42)32-21-46-36(50(32)2)37(56)47-26-6-7-28(31(41)20-26)39(58)52-16-14-51(15-17-52)38(57)25-10-18-54(3,4)19-11-25/h5-9,12-13,20-22,25H,10-11,14-19,23H2,1-4H3,(H-,44,45,47,48,55,56,58)/p+1. The Bertz CT molecular complexity index is 2380. The zero-order valence-electron chi connectivity index (χ0n) is 32.5. The highest BCUT2D eigenvalue weighted by molar-refractivity contribution is 6.34. The lowest BCUT2D eigenvalue weighted by molar-refractivity contribution is -0.895. The second-order valence-electron chi connectivity index (χ2n) is 15.2. The van der Waals surface area contributed by atoms with Crippen LogP contribution in [0.1, 0.15) is 39.5 Å². The van der Waals surface area contributed by atoms with E-state index in [4.69, 9.17) is 11.6 Å². The fraction of sp³-hybridized carbons (Fsp3) is 0.350. The van der Waals surface area contributed by atoms with E-state index in [0.29, 0.717) is 37.6 Å². The van der Waals surface area contributed by atoms with Crippen LogP contribution in [-0.2, 0) is 23.2 Å². The molecule has 0 radical (unpaired) electrons. The largest absolute Gasteiger partial charge is 0.339 e. The Balaban J connectivity index is 0.974. The fourth-order valence-electron chi connectivity index (χ4n) is 7.39. The van der Waals surface area contributed by atoms with E-state index < -0.39 is 23.4 Å². The highest BCUT2D eigenvalue weighted by atomic mass is 35.5. The number of hydrogen-bond acceptors (Lipinski definition) is 8. The molecule has 4 amide bonds. The molecule has 2 saturated heterocycles. The van der Waals surface area contributed by atoms with Gasteiger partial charge in [-0.15, -0.1) is 0 Å². The van der Waals surface area contributed by atoms with Crippen LogP contribution in [0.25, 0.3) is 22.4 Å². The zero-order valence-corrected chi connectivity index (χ0v) is 33.3. The summed E-state index contributed by atoms with van der Waals surface area (Å²) in [4.78, 5) is 68.0. The lowest BCUT2D eigenvalue weighted by Gasteiger charge is -2.40. The van der Waals surface area contributed by atoms with Gasteiger partial charge in [0.05, 0.1) is 55.4 Å². The number of aryl methyl sites for hydroxylation is 1. The summed E-state index contributed by atoms with van der Waals surface area (Å²) in [6.07, 6.45) is 7.41. The van der Waals surface area contributed by atoms with Gasteiger partial charge in [-0.3, -0.25) is 29.2 Å². The van der Waals surface area contributed by atoms with Crippen molar-refractivity contribution in [2.45, 2.75) is 26.3 Å². The third-order valence-corrected chi connectivity index (χ3v) is 11.1. The molecule has 7 rings (SSSR count). The number of likely N-dealkylation sites (tertiary alicyclic amines) is 1. The predicted octanol–water partition coefficient (Wildman–Crippen LogP) is 4.64. The number of carbonyl (C=O) groups is 4. The number of piperazine rings is 1. The third kappa shape index (κ3) is 8.45. The second-order valence-corrected chi connectivity index (χ2v) is 15.6. The van der Waals surface area contributed by atoms with E-state index in [-0.39, 0.29) is 69.0 Å². The average molecular weight is 815 g/mol. The van der Waals surface area contributed by atoms with Crippen molar-refractivity contribution in [3.05, 3.63) is 94.9 Å². The van der Waals surface area contributed by atoms with E-state index in [2.05, 4.69) is 44.8 Å². The van der Waals surface area contributed by atoms with Gasteiger partial charge >= 0.3 is 0 Å². The lowest BCUT2D eigenvalue weighted by atomic mass is 9.94. The Hall–Kier alpha value is -6.07. The van der Waals surface area contributed by atoms with Crippen molar-refractivity contribution in [3.63, 3.8) is 0 Å². The number of imidazole rings is 1. The maximum absolute atomic E-state index is 15.7. The van der Waals surface area contributed by atoms with Crippen molar-refractivity contribution in [1.82, 2.24) is 39.1 Å². The number of rotatable bonds is 9. The number of halogens is 3. The molecule has 0 bridgehead atoms. The topological polar surface area (TPSA) is 160 Å². The summed E-state index contributed by atoms with van der Waals surface area (Å²) in [7, 11) is 5.86. The van der Waals surface area contributed by atoms with Gasteiger partial charge in [0, 0.05) is 93.0 Å². The number of nitrogens with zero attached hydrogens (tertiary/aromatic N) is 9. The van der Waals surface area contributed by atoms with E-state index in [1.807, 2.05) is 4.90 Å². The van der Waals surface area contributed by atoms with Crippen molar-refractivity contribution in [1.29, 1.82) is 0 Å². The minimum atomic E-state index is -1.16. The molecule has 2 aromatic carbocycles. The van der Waals surface area contributed by atoms with E-state index in [0.717, 1.165) is 30.4 Å². The average Bonchev–Trinajstić information content (AvgIpc) is 3.76. The molecule has 302 valence electrons. The molecular formula is C40H43ClF2N11O4+. The first-order valence-corrected chi connectivity index (χ1v) is 19.2. The molecule has 2 aliphatic rings. The Labute approximate surface area is 338 Å². The van der Waals surface area contributed by atoms with E-state index in [1.54, 1.807) is 24.0 Å². The minimum absolute atomic E-state index is 0.0257. The van der Waals surface area contributed by atoms with Crippen LogP contribution in [0.4, 0.5) is 20.4 Å². The summed E-state index contributed by atoms with van der Waals surface area (Å²) in [6, 6.07) is 8.93. The van der Waals surface area contributed by atoms with Crippen LogP contribution in [0.2, 0.25) is 5.02 Å². The van der Waals surface area contributed by atoms with Crippen LogP contribution >= 0.6 is 11.6 Å². The third-order valence-electron chi connectivity index (χ3n) is 10.8. The number of piperidine rings is 1. The number of carbonyl (C=O) groups excluding carboxylic acids is 4.